The van der Waals surface area contributed by atoms with Crippen LogP contribution in [0, 0.1) is 0 Å². The van der Waals surface area contributed by atoms with Crippen LogP contribution in [0.3, 0.4) is 0 Å². The van der Waals surface area contributed by atoms with E-state index in [1.165, 1.54) is 0 Å². The van der Waals surface area contributed by atoms with E-state index >= 15 is 0 Å². The molecule has 1 nitrogen and oxygen atoms in total. The molecule has 96 valence electrons. The van der Waals surface area contributed by atoms with Gasteiger partial charge in [0, 0.05) is 20.5 Å². The Kier molecular flexibility index (Phi) is 3.95. The topological polar surface area (TPSA) is 20.2 Å². The summed E-state index contributed by atoms with van der Waals surface area (Å²) >= 11 is 8.02. The molecule has 0 fully saturated rings. The molecule has 0 saturated carbocycles. The molecule has 0 amide bonds. The molecule has 0 bridgehead atoms. The Bertz CT molecular complexity index is 439. The van der Waals surface area contributed by atoms with Crippen molar-refractivity contribution in [2.45, 2.75) is 57.3 Å². The van der Waals surface area contributed by atoms with Gasteiger partial charge in [-0.15, -0.1) is 12.6 Å². The van der Waals surface area contributed by atoms with Gasteiger partial charge in [0.25, 0.3) is 0 Å². The second-order valence-electron chi connectivity index (χ2n) is 6.48. The maximum Gasteiger partial charge on any atom is 0.124 e. The first-order chi connectivity index (χ1) is 7.46. The van der Waals surface area contributed by atoms with Crippen LogP contribution < -0.4 is 0 Å². The number of aromatic hydroxyl groups is 1. The van der Waals surface area contributed by atoms with Gasteiger partial charge in [0.15, 0.2) is 0 Å². The van der Waals surface area contributed by atoms with Crippen molar-refractivity contribution in [1.29, 1.82) is 0 Å². The molecule has 1 aromatic rings. The van der Waals surface area contributed by atoms with Gasteiger partial charge in [0.2, 0.25) is 0 Å². The van der Waals surface area contributed by atoms with Gasteiger partial charge in [-0.3, -0.25) is 0 Å². The van der Waals surface area contributed by atoms with Gasteiger partial charge in [0.05, 0.1) is 0 Å². The highest BCUT2D eigenvalue weighted by molar-refractivity contribution is 9.10. The van der Waals surface area contributed by atoms with E-state index in [9.17, 15) is 5.11 Å². The third-order valence-electron chi connectivity index (χ3n) is 2.78. The lowest BCUT2D eigenvalue weighted by Gasteiger charge is -2.29. The van der Waals surface area contributed by atoms with Crippen molar-refractivity contribution < 1.29 is 5.11 Å². The van der Waals surface area contributed by atoms with E-state index in [4.69, 9.17) is 0 Å². The first-order valence-corrected chi connectivity index (χ1v) is 6.95. The minimum atomic E-state index is -0.123. The average molecular weight is 317 g/mol. The van der Waals surface area contributed by atoms with E-state index in [1.54, 1.807) is 0 Å². The summed E-state index contributed by atoms with van der Waals surface area (Å²) in [5.41, 5.74) is 1.65. The van der Waals surface area contributed by atoms with E-state index < -0.39 is 0 Å². The lowest BCUT2D eigenvalue weighted by Crippen LogP contribution is -2.18. The maximum absolute atomic E-state index is 10.5. The zero-order valence-corrected chi connectivity index (χ0v) is 13.8. The molecule has 0 spiro atoms. The molecule has 0 heterocycles. The highest BCUT2D eigenvalue weighted by Gasteiger charge is 2.28. The number of phenolic OH excluding ortho intramolecular Hbond substituents is 1. The smallest absolute Gasteiger partial charge is 0.124 e. The van der Waals surface area contributed by atoms with Crippen LogP contribution in [0.2, 0.25) is 0 Å². The molecular formula is C14H21BrOS. The van der Waals surface area contributed by atoms with Crippen molar-refractivity contribution >= 4 is 28.6 Å². The summed E-state index contributed by atoms with van der Waals surface area (Å²) in [6.07, 6.45) is 0. The molecule has 0 aliphatic rings. The van der Waals surface area contributed by atoms with Gasteiger partial charge in [-0.2, -0.15) is 0 Å². The van der Waals surface area contributed by atoms with Crippen LogP contribution in [0.15, 0.2) is 15.4 Å². The lowest BCUT2D eigenvalue weighted by molar-refractivity contribution is 0.420. The first kappa shape index (κ1) is 14.9. The fourth-order valence-electron chi connectivity index (χ4n) is 1.89. The van der Waals surface area contributed by atoms with Crippen LogP contribution in [-0.2, 0) is 10.8 Å². The zero-order valence-electron chi connectivity index (χ0n) is 11.3. The number of halogens is 1. The maximum atomic E-state index is 10.5. The van der Waals surface area contributed by atoms with Crippen molar-refractivity contribution in [3.05, 3.63) is 21.7 Å². The van der Waals surface area contributed by atoms with Crippen molar-refractivity contribution in [2.24, 2.45) is 0 Å². The fraction of sp³-hybridized carbons (Fsp3) is 0.571. The van der Waals surface area contributed by atoms with Gasteiger partial charge < -0.3 is 5.11 Å². The normalized spacial score (nSPS) is 12.9. The minimum Gasteiger partial charge on any atom is -0.507 e. The second-order valence-corrected chi connectivity index (χ2v) is 7.76. The van der Waals surface area contributed by atoms with Gasteiger partial charge in [-0.25, -0.2) is 0 Å². The van der Waals surface area contributed by atoms with Crippen LogP contribution in [0.25, 0.3) is 0 Å². The largest absolute Gasteiger partial charge is 0.507 e. The molecule has 0 unspecified atom stereocenters. The number of phenols is 1. The molecule has 0 atom stereocenters. The summed E-state index contributed by atoms with van der Waals surface area (Å²) in [6.45, 7) is 12.5. The molecule has 1 rings (SSSR count). The van der Waals surface area contributed by atoms with Gasteiger partial charge in [-0.05, 0) is 32.8 Å². The monoisotopic (exact) mass is 316 g/mol. The molecule has 1 N–H and O–H groups in total. The van der Waals surface area contributed by atoms with Crippen molar-refractivity contribution in [3.63, 3.8) is 0 Å². The quantitative estimate of drug-likeness (QED) is 0.642. The van der Waals surface area contributed by atoms with E-state index in [1.807, 2.05) is 6.07 Å². The Morgan fingerprint density at radius 1 is 1.06 bits per heavy atom. The molecule has 1 aromatic carbocycles. The van der Waals surface area contributed by atoms with Crippen LogP contribution in [0.1, 0.15) is 52.7 Å². The lowest BCUT2D eigenvalue weighted by atomic mass is 9.79. The highest BCUT2D eigenvalue weighted by atomic mass is 79.9. The third-order valence-corrected chi connectivity index (χ3v) is 4.26. The molecule has 0 aliphatic carbocycles. The molecule has 0 saturated heterocycles. The zero-order chi connectivity index (χ0) is 13.6. The standard InChI is InChI=1S/C14H21BrOS/c1-13(2,3)8-7-9(17)11(15)10(12(8)16)14(4,5)6/h7,16-17H,1-6H3. The number of hydrogen-bond donors (Lipinski definition) is 2. The van der Waals surface area contributed by atoms with Crippen molar-refractivity contribution in [3.8, 4) is 5.75 Å². The third kappa shape index (κ3) is 3.00. The summed E-state index contributed by atoms with van der Waals surface area (Å²) in [5.74, 6) is 0.384. The molecule has 0 aliphatic heterocycles. The SMILES string of the molecule is CC(C)(C)c1cc(S)c(Br)c(C(C)(C)C)c1O. The van der Waals surface area contributed by atoms with Crippen LogP contribution in [0.4, 0.5) is 0 Å². The van der Waals surface area contributed by atoms with Gasteiger partial charge in [0.1, 0.15) is 5.75 Å². The number of thiol groups is 1. The van der Waals surface area contributed by atoms with E-state index in [0.29, 0.717) is 5.75 Å². The fourth-order valence-corrected chi connectivity index (χ4v) is 3.03. The summed E-state index contributed by atoms with van der Waals surface area (Å²) < 4.78 is 0.888. The predicted octanol–water partition coefficient (Wildman–Crippen LogP) is 5.04. The molecule has 3 heteroatoms. The number of rotatable bonds is 0. The highest BCUT2D eigenvalue weighted by Crippen LogP contribution is 2.45. The van der Waals surface area contributed by atoms with Crippen LogP contribution >= 0.6 is 28.6 Å². The Morgan fingerprint density at radius 2 is 1.53 bits per heavy atom. The van der Waals surface area contributed by atoms with Crippen LogP contribution in [0.5, 0.6) is 5.75 Å². The molecule has 0 aromatic heterocycles. The number of hydrogen-bond acceptors (Lipinski definition) is 2. The Labute approximate surface area is 118 Å². The molecular weight excluding hydrogens is 296 g/mol. The van der Waals surface area contributed by atoms with Gasteiger partial charge in [-0.1, -0.05) is 41.5 Å². The van der Waals surface area contributed by atoms with E-state index in [2.05, 4.69) is 70.1 Å². The van der Waals surface area contributed by atoms with Gasteiger partial charge >= 0.3 is 0 Å². The average Bonchev–Trinajstić information content (AvgIpc) is 2.07. The van der Waals surface area contributed by atoms with E-state index in [0.717, 1.165) is 20.5 Å². The number of benzene rings is 1. The van der Waals surface area contributed by atoms with Crippen molar-refractivity contribution in [1.82, 2.24) is 0 Å². The molecule has 0 radical (unpaired) electrons. The second kappa shape index (κ2) is 4.51. The minimum absolute atomic E-state index is 0.0950. The predicted molar refractivity (Wildman–Crippen MR) is 80.5 cm³/mol. The Morgan fingerprint density at radius 3 is 1.88 bits per heavy atom. The summed E-state index contributed by atoms with van der Waals surface area (Å²) in [4.78, 5) is 0.873. The Balaban J connectivity index is 3.67. The molecule has 17 heavy (non-hydrogen) atoms. The summed E-state index contributed by atoms with van der Waals surface area (Å²) in [6, 6.07) is 1.94. The first-order valence-electron chi connectivity index (χ1n) is 5.71. The Hall–Kier alpha value is -0.150. The van der Waals surface area contributed by atoms with E-state index in [-0.39, 0.29) is 10.8 Å². The summed E-state index contributed by atoms with van der Waals surface area (Å²) in [5, 5.41) is 10.5. The summed E-state index contributed by atoms with van der Waals surface area (Å²) in [7, 11) is 0. The van der Waals surface area contributed by atoms with Crippen molar-refractivity contribution in [2.75, 3.05) is 0 Å². The van der Waals surface area contributed by atoms with Crippen LogP contribution in [-0.4, -0.2) is 5.11 Å².